The number of esters is 1. The number of hydrogen-bond acceptors (Lipinski definition) is 6. The molecule has 0 aliphatic rings. The van der Waals surface area contributed by atoms with Crippen LogP contribution < -0.4 is 18.9 Å². The second-order valence-corrected chi connectivity index (χ2v) is 6.39. The van der Waals surface area contributed by atoms with E-state index in [0.717, 1.165) is 0 Å². The molecule has 0 heterocycles. The van der Waals surface area contributed by atoms with E-state index in [1.165, 1.54) is 20.3 Å². The Balaban J connectivity index is 1.83. The van der Waals surface area contributed by atoms with Gasteiger partial charge in [0, 0.05) is 11.1 Å². The van der Waals surface area contributed by atoms with Crippen LogP contribution in [0.2, 0.25) is 0 Å². The normalized spacial score (nSPS) is 10.5. The third-order valence-corrected chi connectivity index (χ3v) is 4.54. The summed E-state index contributed by atoms with van der Waals surface area (Å²) >= 11 is 0. The molecule has 0 fully saturated rings. The highest BCUT2D eigenvalue weighted by atomic mass is 16.5. The number of methoxy groups -OCH3 is 3. The number of rotatable bonds is 8. The number of carbonyl (C=O) groups is 2. The summed E-state index contributed by atoms with van der Waals surface area (Å²) in [6.07, 6.45) is 3.03. The lowest BCUT2D eigenvalue weighted by Gasteiger charge is -2.13. The summed E-state index contributed by atoms with van der Waals surface area (Å²) in [6, 6.07) is 18.8. The number of ether oxygens (including phenoxy) is 4. The molecule has 3 aromatic carbocycles. The van der Waals surface area contributed by atoms with E-state index in [9.17, 15) is 9.59 Å². The van der Waals surface area contributed by atoms with Crippen LogP contribution in [0.1, 0.15) is 26.3 Å². The van der Waals surface area contributed by atoms with Gasteiger partial charge < -0.3 is 18.9 Å². The molecule has 0 aliphatic heterocycles. The lowest BCUT2D eigenvalue weighted by atomic mass is 10.1. The van der Waals surface area contributed by atoms with Gasteiger partial charge in [-0.25, -0.2) is 4.79 Å². The van der Waals surface area contributed by atoms with Crippen molar-refractivity contribution in [2.45, 2.75) is 0 Å². The third kappa shape index (κ3) is 5.11. The van der Waals surface area contributed by atoms with Crippen molar-refractivity contribution in [1.29, 1.82) is 0 Å². The molecule has 0 unspecified atom stereocenters. The van der Waals surface area contributed by atoms with Gasteiger partial charge in [0.2, 0.25) is 0 Å². The molecule has 0 spiro atoms. The predicted molar refractivity (Wildman–Crippen MR) is 117 cm³/mol. The van der Waals surface area contributed by atoms with Gasteiger partial charge in [0.25, 0.3) is 0 Å². The minimum absolute atomic E-state index is 0.181. The molecule has 0 aliphatic carbocycles. The van der Waals surface area contributed by atoms with E-state index in [2.05, 4.69) is 0 Å². The number of hydrogen-bond donors (Lipinski definition) is 0. The van der Waals surface area contributed by atoms with Crippen LogP contribution in [0.4, 0.5) is 0 Å². The van der Waals surface area contributed by atoms with Crippen LogP contribution in [0, 0.1) is 0 Å². The minimum Gasteiger partial charge on any atom is -0.497 e. The molecule has 0 bridgehead atoms. The summed E-state index contributed by atoms with van der Waals surface area (Å²) in [7, 11) is 4.50. The Morgan fingerprint density at radius 2 is 1.32 bits per heavy atom. The predicted octanol–water partition coefficient (Wildman–Crippen LogP) is 4.83. The Morgan fingerprint density at radius 1 is 0.710 bits per heavy atom. The van der Waals surface area contributed by atoms with Crippen molar-refractivity contribution in [1.82, 2.24) is 0 Å². The van der Waals surface area contributed by atoms with E-state index in [1.54, 1.807) is 79.9 Å². The number of benzene rings is 3. The van der Waals surface area contributed by atoms with E-state index in [4.69, 9.17) is 18.9 Å². The van der Waals surface area contributed by atoms with Crippen LogP contribution in [0.25, 0.3) is 6.08 Å². The smallest absolute Gasteiger partial charge is 0.351 e. The highest BCUT2D eigenvalue weighted by molar-refractivity contribution is 6.07. The Bertz CT molecular complexity index is 1080. The van der Waals surface area contributed by atoms with Gasteiger partial charge in [0.05, 0.1) is 21.3 Å². The van der Waals surface area contributed by atoms with Crippen LogP contribution in [-0.4, -0.2) is 33.1 Å². The molecule has 0 saturated heterocycles. The summed E-state index contributed by atoms with van der Waals surface area (Å²) in [5.41, 5.74) is 1.28. The van der Waals surface area contributed by atoms with E-state index < -0.39 is 5.97 Å². The Labute approximate surface area is 180 Å². The first-order valence-corrected chi connectivity index (χ1v) is 9.46. The molecule has 6 heteroatoms. The van der Waals surface area contributed by atoms with Crippen molar-refractivity contribution in [3.05, 3.63) is 89.5 Å². The van der Waals surface area contributed by atoms with E-state index in [1.807, 2.05) is 0 Å². The lowest BCUT2D eigenvalue weighted by molar-refractivity contribution is 0.0727. The summed E-state index contributed by atoms with van der Waals surface area (Å²) in [4.78, 5) is 25.3. The fourth-order valence-corrected chi connectivity index (χ4v) is 2.93. The van der Waals surface area contributed by atoms with Crippen molar-refractivity contribution in [2.24, 2.45) is 0 Å². The van der Waals surface area contributed by atoms with Gasteiger partial charge in [-0.1, -0.05) is 24.3 Å². The molecule has 3 rings (SSSR count). The van der Waals surface area contributed by atoms with Crippen molar-refractivity contribution in [3.63, 3.8) is 0 Å². The van der Waals surface area contributed by atoms with E-state index in [0.29, 0.717) is 34.1 Å². The van der Waals surface area contributed by atoms with Crippen molar-refractivity contribution in [3.8, 4) is 23.0 Å². The average molecular weight is 418 g/mol. The fraction of sp³-hybridized carbons (Fsp3) is 0.120. The second kappa shape index (κ2) is 10.1. The van der Waals surface area contributed by atoms with Gasteiger partial charge >= 0.3 is 5.97 Å². The standard InChI is InChI=1S/C25H22O6/c1-28-19-14-11-17(12-15-19)20(26)16-13-18-7-4-5-8-21(18)31-25(27)24-22(29-2)9-6-10-23(24)30-3/h4-16H,1-3H3/b16-13+. The maximum Gasteiger partial charge on any atom is 0.351 e. The van der Waals surface area contributed by atoms with Gasteiger partial charge in [0.15, 0.2) is 5.78 Å². The molecular weight excluding hydrogens is 396 g/mol. The highest BCUT2D eigenvalue weighted by Crippen LogP contribution is 2.30. The topological polar surface area (TPSA) is 71.1 Å². The Morgan fingerprint density at radius 3 is 1.94 bits per heavy atom. The molecule has 0 atom stereocenters. The van der Waals surface area contributed by atoms with Crippen LogP contribution in [0.3, 0.4) is 0 Å². The molecule has 0 aromatic heterocycles. The molecule has 0 N–H and O–H groups in total. The number of ketones is 1. The first kappa shape index (κ1) is 21.6. The SMILES string of the molecule is COc1ccc(C(=O)/C=C/c2ccccc2OC(=O)c2c(OC)cccc2OC)cc1. The molecule has 0 saturated carbocycles. The zero-order chi connectivity index (χ0) is 22.2. The number of para-hydroxylation sites is 1. The lowest BCUT2D eigenvalue weighted by Crippen LogP contribution is -2.12. The molecule has 0 amide bonds. The summed E-state index contributed by atoms with van der Waals surface area (Å²) in [5, 5.41) is 0. The summed E-state index contributed by atoms with van der Waals surface area (Å²) < 4.78 is 21.3. The van der Waals surface area contributed by atoms with Crippen molar-refractivity contribution < 1.29 is 28.5 Å². The van der Waals surface area contributed by atoms with Crippen molar-refractivity contribution >= 4 is 17.8 Å². The van der Waals surface area contributed by atoms with Crippen molar-refractivity contribution in [2.75, 3.05) is 21.3 Å². The van der Waals surface area contributed by atoms with Gasteiger partial charge in [-0.05, 0) is 54.6 Å². The van der Waals surface area contributed by atoms with Crippen LogP contribution >= 0.6 is 0 Å². The zero-order valence-corrected chi connectivity index (χ0v) is 17.5. The minimum atomic E-state index is -0.628. The monoisotopic (exact) mass is 418 g/mol. The first-order valence-electron chi connectivity index (χ1n) is 9.46. The highest BCUT2D eigenvalue weighted by Gasteiger charge is 2.21. The quantitative estimate of drug-likeness (QED) is 0.226. The summed E-state index contributed by atoms with van der Waals surface area (Å²) in [5.74, 6) is 0.842. The van der Waals surface area contributed by atoms with Gasteiger partial charge in [-0.15, -0.1) is 0 Å². The fourth-order valence-electron chi connectivity index (χ4n) is 2.93. The largest absolute Gasteiger partial charge is 0.497 e. The first-order chi connectivity index (χ1) is 15.1. The summed E-state index contributed by atoms with van der Waals surface area (Å²) in [6.45, 7) is 0. The third-order valence-electron chi connectivity index (χ3n) is 4.54. The van der Waals surface area contributed by atoms with Gasteiger partial charge in [-0.2, -0.15) is 0 Å². The molecule has 31 heavy (non-hydrogen) atoms. The maximum atomic E-state index is 12.9. The molecule has 0 radical (unpaired) electrons. The van der Waals surface area contributed by atoms with Gasteiger partial charge in [0.1, 0.15) is 28.6 Å². The number of carbonyl (C=O) groups excluding carboxylic acids is 2. The second-order valence-electron chi connectivity index (χ2n) is 6.39. The van der Waals surface area contributed by atoms with Crippen LogP contribution in [0.15, 0.2) is 72.8 Å². The van der Waals surface area contributed by atoms with E-state index in [-0.39, 0.29) is 11.3 Å². The van der Waals surface area contributed by atoms with Crippen LogP contribution in [-0.2, 0) is 0 Å². The molecule has 3 aromatic rings. The molecule has 158 valence electrons. The average Bonchev–Trinajstić information content (AvgIpc) is 2.82. The van der Waals surface area contributed by atoms with Crippen LogP contribution in [0.5, 0.6) is 23.0 Å². The molecular formula is C25H22O6. The van der Waals surface area contributed by atoms with Gasteiger partial charge in [-0.3, -0.25) is 4.79 Å². The molecule has 6 nitrogen and oxygen atoms in total. The zero-order valence-electron chi connectivity index (χ0n) is 17.5. The van der Waals surface area contributed by atoms with E-state index >= 15 is 0 Å². The Kier molecular flexibility index (Phi) is 7.06. The Hall–Kier alpha value is -4.06. The maximum absolute atomic E-state index is 12.9. The number of allylic oxidation sites excluding steroid dienone is 1.